The van der Waals surface area contributed by atoms with Crippen molar-refractivity contribution in [2.45, 2.75) is 41.8 Å². The maximum Gasteiger partial charge on any atom is 0.488 e. The van der Waals surface area contributed by atoms with Crippen LogP contribution in [0.15, 0.2) is 148 Å². The number of hydrogen-bond donors (Lipinski definition) is 4. The van der Waals surface area contributed by atoms with Gasteiger partial charge in [0.15, 0.2) is 0 Å². The number of carbonyl (C=O) groups is 2. The van der Waals surface area contributed by atoms with Crippen LogP contribution in [0.1, 0.15) is 39.8 Å². The molecule has 0 radical (unpaired) electrons. The van der Waals surface area contributed by atoms with Crippen LogP contribution in [0.2, 0.25) is 10.0 Å². The number of pyridine rings is 2. The van der Waals surface area contributed by atoms with Gasteiger partial charge in [-0.3, -0.25) is 19.2 Å². The number of carboxylic acid groups (broad SMARTS) is 2. The molecular formula is C44H50BBrCl2N2O10Pd. The zero-order valence-corrected chi connectivity index (χ0v) is 36.9. The maximum absolute atomic E-state index is 11.9. The molecule has 2 aromatic heterocycles. The van der Waals surface area contributed by atoms with Gasteiger partial charge in [-0.25, -0.2) is 0 Å². The van der Waals surface area contributed by atoms with Crippen molar-refractivity contribution in [1.29, 1.82) is 0 Å². The molecular weight excluding hydrogens is 985 g/mol. The van der Waals surface area contributed by atoms with Gasteiger partial charge in [0.1, 0.15) is 11.5 Å². The third-order valence-electron chi connectivity index (χ3n) is 7.27. The Kier molecular flexibility index (Phi) is 29.5. The second-order valence-corrected chi connectivity index (χ2v) is 13.5. The Morgan fingerprint density at radius 3 is 1.48 bits per heavy atom. The molecule has 0 aliphatic heterocycles. The molecule has 0 aliphatic carbocycles. The van der Waals surface area contributed by atoms with Gasteiger partial charge in [-0.05, 0) is 98.7 Å². The van der Waals surface area contributed by atoms with Gasteiger partial charge in [-0.1, -0.05) is 86.6 Å². The molecule has 0 saturated carbocycles. The van der Waals surface area contributed by atoms with Crippen LogP contribution < -0.4 is 26.1 Å². The van der Waals surface area contributed by atoms with Gasteiger partial charge in [-0.2, -0.15) is 0 Å². The molecule has 0 saturated heterocycles. The predicted octanol–water partition coefficient (Wildman–Crippen LogP) is 8.36. The summed E-state index contributed by atoms with van der Waals surface area (Å²) in [6, 6.07) is 36.1. The van der Waals surface area contributed by atoms with Gasteiger partial charge in [0.25, 0.3) is 23.1 Å². The molecule has 0 amide bonds. The van der Waals surface area contributed by atoms with Crippen molar-refractivity contribution in [1.82, 2.24) is 9.13 Å². The molecule has 2 heterocycles. The smallest absolute Gasteiger partial charge is 0.488 e. The topological polar surface area (TPSA) is 178 Å². The Bertz CT molecular complexity index is 2340. The first-order valence-corrected chi connectivity index (χ1v) is 18.7. The minimum absolute atomic E-state index is 0. The second kappa shape index (κ2) is 31.0. The second-order valence-electron chi connectivity index (χ2n) is 11.8. The molecule has 0 unspecified atom stereocenters. The van der Waals surface area contributed by atoms with Gasteiger partial charge in [0, 0.05) is 74.4 Å². The van der Waals surface area contributed by atoms with Crippen LogP contribution in [-0.4, -0.2) is 62.7 Å². The van der Waals surface area contributed by atoms with Crippen LogP contribution in [0.25, 0.3) is 11.1 Å². The Balaban J connectivity index is 0. The molecule has 0 atom stereocenters. The van der Waals surface area contributed by atoms with E-state index < -0.39 is 19.1 Å². The molecule has 330 valence electrons. The first-order chi connectivity index (χ1) is 27.5. The SMILES string of the molecule is C.C.CC(=O)O.CC(=O)O.COc1ccc(Cn2ccccc2=O)cc1-c1cccc(Cl)c1.COc1ccc(Cn2ccccc2=O)cc1Br.OB(O)c1cccc(Cl)c1.[Pd]. The molecule has 0 bridgehead atoms. The Labute approximate surface area is 388 Å². The standard InChI is InChI=1S/C19H16ClNO2.C13H12BrNO2.C6H6BClO2.2C2H4O2.2CH4.Pd/c1-23-18-9-8-14(13-21-10-3-2-7-19(21)22)11-17(18)15-5-4-6-16(20)12-15;1-17-12-6-5-10(8-11(12)14)9-15-7-3-2-4-13(15)16;8-6-3-1-2-5(4-6)7(9)10;2*1-2(3)4;;;/h2-12H,13H2,1H3;2-8H,9H2,1H3;1-4,9-10H;2*1H3,(H,3,4);2*1H4;. The minimum Gasteiger partial charge on any atom is -0.496 e. The van der Waals surface area contributed by atoms with Crippen LogP contribution in [0.4, 0.5) is 0 Å². The molecule has 4 aromatic carbocycles. The van der Waals surface area contributed by atoms with Gasteiger partial charge >= 0.3 is 7.12 Å². The summed E-state index contributed by atoms with van der Waals surface area (Å²) in [6.45, 7) is 3.24. The molecule has 0 spiro atoms. The first-order valence-electron chi connectivity index (χ1n) is 17.1. The van der Waals surface area contributed by atoms with Crippen LogP contribution in [0.3, 0.4) is 0 Å². The van der Waals surface area contributed by atoms with Crippen molar-refractivity contribution in [3.05, 3.63) is 180 Å². The number of carboxylic acids is 2. The maximum atomic E-state index is 11.9. The molecule has 0 aliphatic rings. The molecule has 4 N–H and O–H groups in total. The monoisotopic (exact) mass is 1030 g/mol. The van der Waals surface area contributed by atoms with Crippen LogP contribution in [0.5, 0.6) is 11.5 Å². The summed E-state index contributed by atoms with van der Waals surface area (Å²) in [5.41, 5.74) is 4.40. The third kappa shape index (κ3) is 22.4. The van der Waals surface area contributed by atoms with Crippen molar-refractivity contribution in [2.24, 2.45) is 0 Å². The number of hydrogen-bond acceptors (Lipinski definition) is 8. The van der Waals surface area contributed by atoms with Crippen molar-refractivity contribution < 1.29 is 59.7 Å². The van der Waals surface area contributed by atoms with Gasteiger partial charge in [0.05, 0.1) is 31.8 Å². The van der Waals surface area contributed by atoms with Crippen LogP contribution >= 0.6 is 39.1 Å². The number of methoxy groups -OCH3 is 2. The van der Waals surface area contributed by atoms with E-state index in [9.17, 15) is 9.59 Å². The minimum atomic E-state index is -1.43. The Morgan fingerprint density at radius 2 is 1.08 bits per heavy atom. The number of aliphatic carboxylic acids is 2. The first kappa shape index (κ1) is 58.1. The van der Waals surface area contributed by atoms with Crippen LogP contribution in [0, 0.1) is 0 Å². The fourth-order valence-electron chi connectivity index (χ4n) is 4.79. The van der Waals surface area contributed by atoms with E-state index in [-0.39, 0.29) is 46.4 Å². The van der Waals surface area contributed by atoms with E-state index in [1.54, 1.807) is 78.2 Å². The Morgan fingerprint density at radius 1 is 0.639 bits per heavy atom. The summed E-state index contributed by atoms with van der Waals surface area (Å²) in [5, 5.41) is 33.3. The zero-order chi connectivity index (χ0) is 43.2. The molecule has 6 aromatic rings. The summed E-state index contributed by atoms with van der Waals surface area (Å²) in [6.07, 6.45) is 3.56. The van der Waals surface area contributed by atoms with E-state index in [4.69, 9.17) is 62.5 Å². The largest absolute Gasteiger partial charge is 0.496 e. The third-order valence-corrected chi connectivity index (χ3v) is 8.36. The molecule has 12 nitrogen and oxygen atoms in total. The summed E-state index contributed by atoms with van der Waals surface area (Å²) in [7, 11) is 1.84. The number of nitrogens with zero attached hydrogens (tertiary/aromatic N) is 2. The zero-order valence-electron chi connectivity index (χ0n) is 32.3. The van der Waals surface area contributed by atoms with Crippen molar-refractivity contribution in [3.8, 4) is 22.6 Å². The van der Waals surface area contributed by atoms with E-state index in [1.165, 1.54) is 6.07 Å². The van der Waals surface area contributed by atoms with E-state index in [1.807, 2.05) is 72.8 Å². The van der Waals surface area contributed by atoms with Crippen molar-refractivity contribution in [2.75, 3.05) is 14.2 Å². The van der Waals surface area contributed by atoms with Gasteiger partial charge in [-0.15, -0.1) is 0 Å². The number of ether oxygens (including phenoxy) is 2. The quantitative estimate of drug-likeness (QED) is 0.108. The fourth-order valence-corrected chi connectivity index (χ4v) is 5.76. The molecule has 61 heavy (non-hydrogen) atoms. The normalized spacial score (nSPS) is 9.20. The molecule has 17 heteroatoms. The summed E-state index contributed by atoms with van der Waals surface area (Å²) in [4.78, 5) is 41.4. The van der Waals surface area contributed by atoms with Crippen molar-refractivity contribution in [3.63, 3.8) is 0 Å². The van der Waals surface area contributed by atoms with Crippen molar-refractivity contribution >= 4 is 63.7 Å². The van der Waals surface area contributed by atoms with Crippen LogP contribution in [-0.2, 0) is 43.1 Å². The van der Waals surface area contributed by atoms with E-state index in [2.05, 4.69) is 15.9 Å². The molecule has 6 rings (SSSR count). The number of aromatic nitrogens is 2. The van der Waals surface area contributed by atoms with E-state index in [0.29, 0.717) is 28.6 Å². The molecule has 0 fully saturated rings. The predicted molar refractivity (Wildman–Crippen MR) is 245 cm³/mol. The fraction of sp³-hybridized carbons (Fsp3) is 0.182. The summed E-state index contributed by atoms with van der Waals surface area (Å²) in [5.74, 6) is -0.106. The summed E-state index contributed by atoms with van der Waals surface area (Å²) >= 11 is 15.1. The number of benzene rings is 4. The van der Waals surface area contributed by atoms with E-state index >= 15 is 0 Å². The number of halogens is 3. The number of rotatable bonds is 8. The van der Waals surface area contributed by atoms with Gasteiger partial charge in [0.2, 0.25) is 0 Å². The Hall–Kier alpha value is -4.97. The van der Waals surface area contributed by atoms with E-state index in [0.717, 1.165) is 52.1 Å². The summed E-state index contributed by atoms with van der Waals surface area (Å²) < 4.78 is 14.8. The average molecular weight is 1030 g/mol. The van der Waals surface area contributed by atoms with Gasteiger partial charge < -0.3 is 38.9 Å². The average Bonchev–Trinajstić information content (AvgIpc) is 3.17.